The van der Waals surface area contributed by atoms with Gasteiger partial charge in [-0.3, -0.25) is 0 Å². The lowest BCUT2D eigenvalue weighted by Gasteiger charge is -2.36. The van der Waals surface area contributed by atoms with Crippen LogP contribution in [-0.2, 0) is 16.8 Å². The van der Waals surface area contributed by atoms with Crippen molar-refractivity contribution in [3.8, 4) is 0 Å². The molecule has 140 valence electrons. The van der Waals surface area contributed by atoms with Crippen molar-refractivity contribution >= 4 is 34.5 Å². The van der Waals surface area contributed by atoms with Crippen LogP contribution in [0.25, 0.3) is 0 Å². The summed E-state index contributed by atoms with van der Waals surface area (Å²) in [5, 5.41) is 9.96. The van der Waals surface area contributed by atoms with E-state index in [9.17, 15) is 13.2 Å². The van der Waals surface area contributed by atoms with Gasteiger partial charge in [-0.05, 0) is 25.1 Å². The highest BCUT2D eigenvalue weighted by Gasteiger charge is 2.34. The Morgan fingerprint density at radius 1 is 1.50 bits per heavy atom. The van der Waals surface area contributed by atoms with Crippen molar-refractivity contribution in [1.29, 1.82) is 0 Å². The Labute approximate surface area is 158 Å². The minimum atomic E-state index is -2.76. The van der Waals surface area contributed by atoms with Gasteiger partial charge in [0.25, 0.3) is 0 Å². The summed E-state index contributed by atoms with van der Waals surface area (Å²) in [6.07, 6.45) is 1.06. The largest absolute Gasteiger partial charge is 0.379 e. The molecule has 10 heteroatoms. The average Bonchev–Trinajstić information content (AvgIpc) is 2.95. The van der Waals surface area contributed by atoms with E-state index < -0.39 is 17.9 Å². The first-order valence-corrected chi connectivity index (χ1v) is 8.51. The molecule has 1 aliphatic rings. The molecule has 1 fully saturated rings. The fourth-order valence-corrected chi connectivity index (χ4v) is 3.26. The minimum absolute atomic E-state index is 0.114. The number of hydrogen-bond acceptors (Lipinski definition) is 4. The zero-order valence-corrected chi connectivity index (χ0v) is 15.3. The van der Waals surface area contributed by atoms with Crippen LogP contribution in [0.2, 0.25) is 5.02 Å². The number of ether oxygens (including phenoxy) is 1. The van der Waals surface area contributed by atoms with Crippen molar-refractivity contribution in [2.75, 3.05) is 18.5 Å². The Kier molecular flexibility index (Phi) is 5.40. The monoisotopic (exact) mass is 404 g/mol. The molecule has 1 aromatic heterocycles. The number of nitrogens with zero attached hydrogens (tertiary/aromatic N) is 2. The van der Waals surface area contributed by atoms with Crippen molar-refractivity contribution < 1.29 is 17.9 Å². The van der Waals surface area contributed by atoms with Gasteiger partial charge in [-0.15, -0.1) is 0 Å². The van der Waals surface area contributed by atoms with Gasteiger partial charge in [0, 0.05) is 17.4 Å². The lowest BCUT2D eigenvalue weighted by atomic mass is 9.91. The van der Waals surface area contributed by atoms with Crippen molar-refractivity contribution in [1.82, 2.24) is 15.1 Å². The standard InChI is InChI=1S/C16H16ClF3N4OS/c1-16(8-25-7-14(26)22-16)10-4-9(2-3-12(10)18)21-5-13-11(17)6-24(23-13)15(19)20/h2-4,6,15,21H,5,7-8H2,1H3,(H,22,26)/t16-/m0/s1. The molecule has 1 atom stereocenters. The summed E-state index contributed by atoms with van der Waals surface area (Å²) in [7, 11) is 0. The molecular formula is C16H16ClF3N4OS. The predicted molar refractivity (Wildman–Crippen MR) is 96.1 cm³/mol. The lowest BCUT2D eigenvalue weighted by molar-refractivity contribution is 0.0562. The van der Waals surface area contributed by atoms with Gasteiger partial charge in [0.15, 0.2) is 0 Å². The number of thiocarbonyl (C=S) groups is 1. The highest BCUT2D eigenvalue weighted by molar-refractivity contribution is 7.80. The fourth-order valence-electron chi connectivity index (χ4n) is 2.74. The summed E-state index contributed by atoms with van der Waals surface area (Å²) in [6, 6.07) is 4.49. The van der Waals surface area contributed by atoms with Crippen LogP contribution in [0.5, 0.6) is 0 Å². The number of anilines is 1. The maximum absolute atomic E-state index is 14.4. The van der Waals surface area contributed by atoms with Crippen molar-refractivity contribution in [3.05, 3.63) is 46.5 Å². The number of nitrogens with one attached hydrogen (secondary N) is 2. The molecule has 5 nitrogen and oxygen atoms in total. The molecule has 0 saturated carbocycles. The van der Waals surface area contributed by atoms with Crippen LogP contribution in [0.4, 0.5) is 18.9 Å². The molecule has 1 saturated heterocycles. The maximum Gasteiger partial charge on any atom is 0.333 e. The van der Waals surface area contributed by atoms with E-state index in [0.29, 0.717) is 27.5 Å². The van der Waals surface area contributed by atoms with E-state index in [-0.39, 0.29) is 23.9 Å². The van der Waals surface area contributed by atoms with E-state index in [1.165, 1.54) is 6.07 Å². The molecule has 0 spiro atoms. The van der Waals surface area contributed by atoms with Crippen LogP contribution in [0.1, 0.15) is 24.7 Å². The molecule has 1 aromatic carbocycles. The summed E-state index contributed by atoms with van der Waals surface area (Å²) in [6.45, 7) is -0.293. The van der Waals surface area contributed by atoms with Crippen LogP contribution < -0.4 is 10.6 Å². The molecule has 3 rings (SSSR count). The average molecular weight is 405 g/mol. The van der Waals surface area contributed by atoms with Crippen LogP contribution in [0.3, 0.4) is 0 Å². The number of hydrogen-bond donors (Lipinski definition) is 2. The molecule has 26 heavy (non-hydrogen) atoms. The number of benzene rings is 1. The Hall–Kier alpha value is -1.84. The second-order valence-corrected chi connectivity index (χ2v) is 7.00. The highest BCUT2D eigenvalue weighted by Crippen LogP contribution is 2.29. The topological polar surface area (TPSA) is 51.1 Å². The van der Waals surface area contributed by atoms with Gasteiger partial charge >= 0.3 is 6.55 Å². The lowest BCUT2D eigenvalue weighted by Crippen LogP contribution is -2.52. The SMILES string of the molecule is C[C@@]1(c2cc(NCc3nn(C(F)F)cc3Cl)ccc2F)COCC(=S)N1. The van der Waals surface area contributed by atoms with Gasteiger partial charge in [-0.25, -0.2) is 9.07 Å². The zero-order valence-electron chi connectivity index (χ0n) is 13.7. The first kappa shape index (κ1) is 18.9. The third-order valence-corrected chi connectivity index (χ3v) is 4.55. The highest BCUT2D eigenvalue weighted by atomic mass is 35.5. The van der Waals surface area contributed by atoms with Crippen LogP contribution in [0, 0.1) is 5.82 Å². The normalized spacial score (nSPS) is 20.3. The summed E-state index contributed by atoms with van der Waals surface area (Å²) in [5.41, 5.74) is 0.438. The molecule has 1 aliphatic heterocycles. The molecule has 0 aliphatic carbocycles. The Bertz CT molecular complexity index is 832. The maximum atomic E-state index is 14.4. The van der Waals surface area contributed by atoms with Gasteiger partial charge in [-0.1, -0.05) is 23.8 Å². The van der Waals surface area contributed by atoms with E-state index in [1.54, 1.807) is 19.1 Å². The van der Waals surface area contributed by atoms with Gasteiger partial charge < -0.3 is 15.4 Å². The van der Waals surface area contributed by atoms with Crippen molar-refractivity contribution in [2.24, 2.45) is 0 Å². The number of rotatable bonds is 5. The molecule has 2 N–H and O–H groups in total. The number of halogens is 4. The number of alkyl halides is 2. The number of morpholine rings is 1. The van der Waals surface area contributed by atoms with Crippen molar-refractivity contribution in [2.45, 2.75) is 25.6 Å². The van der Waals surface area contributed by atoms with Crippen LogP contribution in [-0.4, -0.2) is 28.0 Å². The second-order valence-electron chi connectivity index (χ2n) is 6.10. The van der Waals surface area contributed by atoms with Gasteiger partial charge in [0.1, 0.15) is 16.5 Å². The molecule has 0 bridgehead atoms. The van der Waals surface area contributed by atoms with Crippen LogP contribution in [0.15, 0.2) is 24.4 Å². The molecule has 0 unspecified atom stereocenters. The molecule has 2 aromatic rings. The Morgan fingerprint density at radius 3 is 2.92 bits per heavy atom. The first-order chi connectivity index (χ1) is 12.3. The Morgan fingerprint density at radius 2 is 2.27 bits per heavy atom. The summed E-state index contributed by atoms with van der Waals surface area (Å²) in [4.78, 5) is 0.501. The third-order valence-electron chi connectivity index (χ3n) is 4.02. The van der Waals surface area contributed by atoms with E-state index >= 15 is 0 Å². The number of aromatic nitrogens is 2. The quantitative estimate of drug-likeness (QED) is 0.741. The molecule has 0 radical (unpaired) electrons. The van der Waals surface area contributed by atoms with Gasteiger partial charge in [-0.2, -0.15) is 13.9 Å². The van der Waals surface area contributed by atoms with E-state index in [4.69, 9.17) is 28.6 Å². The van der Waals surface area contributed by atoms with E-state index in [1.807, 2.05) is 0 Å². The summed E-state index contributed by atoms with van der Waals surface area (Å²) < 4.78 is 45.6. The van der Waals surface area contributed by atoms with Crippen molar-refractivity contribution in [3.63, 3.8) is 0 Å². The van der Waals surface area contributed by atoms with Gasteiger partial charge in [0.2, 0.25) is 0 Å². The predicted octanol–water partition coefficient (Wildman–Crippen LogP) is 3.85. The van der Waals surface area contributed by atoms with E-state index in [0.717, 1.165) is 6.20 Å². The van der Waals surface area contributed by atoms with Gasteiger partial charge in [0.05, 0.1) is 30.3 Å². The molecule has 0 amide bonds. The summed E-state index contributed by atoms with van der Waals surface area (Å²) >= 11 is 11.0. The smallest absolute Gasteiger partial charge is 0.333 e. The summed E-state index contributed by atoms with van der Waals surface area (Å²) in [5.74, 6) is -0.404. The fraction of sp³-hybridized carbons (Fsp3) is 0.375. The molecular weight excluding hydrogens is 389 g/mol. The third kappa shape index (κ3) is 3.94. The Balaban J connectivity index is 1.79. The minimum Gasteiger partial charge on any atom is -0.379 e. The van der Waals surface area contributed by atoms with E-state index in [2.05, 4.69) is 15.7 Å². The first-order valence-electron chi connectivity index (χ1n) is 7.73. The second kappa shape index (κ2) is 7.42. The molecule has 2 heterocycles. The van der Waals surface area contributed by atoms with Crippen LogP contribution >= 0.6 is 23.8 Å². The zero-order chi connectivity index (χ0) is 18.9.